The van der Waals surface area contributed by atoms with E-state index in [2.05, 4.69) is 0 Å². The molecule has 1 N–H and O–H groups in total. The topological polar surface area (TPSA) is 68.6 Å². The molecule has 0 aliphatic rings. The van der Waals surface area contributed by atoms with Crippen molar-refractivity contribution in [1.82, 2.24) is 0 Å². The molecule has 0 fully saturated rings. The molecule has 5 nitrogen and oxygen atoms in total. The van der Waals surface area contributed by atoms with Crippen LogP contribution in [0.15, 0.2) is 18.2 Å². The standard InChI is InChI=1S/C11H13O2.C6H14NO2.C2H6.Y/c1-8(2)9-4-5-10(7-12)11(6-9)13-3;1-5(7)6(2,8-3)9-4;1-2;/h4-7H,1-3H3;5,7H,1-4H3;1-2H3;/q2*-1;;. The molecule has 0 amide bonds. The summed E-state index contributed by atoms with van der Waals surface area (Å²) in [4.78, 5) is 10.6. The van der Waals surface area contributed by atoms with Crippen LogP contribution in [0.25, 0.3) is 5.73 Å². The van der Waals surface area contributed by atoms with Crippen LogP contribution in [0.4, 0.5) is 0 Å². The summed E-state index contributed by atoms with van der Waals surface area (Å²) in [5.41, 5.74) is 8.97. The molecule has 25 heavy (non-hydrogen) atoms. The van der Waals surface area contributed by atoms with Crippen molar-refractivity contribution in [2.45, 2.75) is 53.4 Å². The van der Waals surface area contributed by atoms with Gasteiger partial charge >= 0.3 is 0 Å². The van der Waals surface area contributed by atoms with Crippen molar-refractivity contribution in [2.75, 3.05) is 21.3 Å². The van der Waals surface area contributed by atoms with Gasteiger partial charge in [-0.2, -0.15) is 17.5 Å². The molecule has 0 saturated carbocycles. The summed E-state index contributed by atoms with van der Waals surface area (Å²) in [6, 6.07) is 5.20. The third-order valence-corrected chi connectivity index (χ3v) is 3.53. The van der Waals surface area contributed by atoms with Gasteiger partial charge in [0.05, 0.1) is 12.9 Å². The Morgan fingerprint density at radius 3 is 1.88 bits per heavy atom. The molecule has 1 atom stereocenters. The van der Waals surface area contributed by atoms with E-state index in [0.717, 1.165) is 11.8 Å². The van der Waals surface area contributed by atoms with E-state index in [4.69, 9.17) is 19.9 Å². The maximum atomic E-state index is 10.6. The van der Waals surface area contributed by atoms with Crippen molar-refractivity contribution < 1.29 is 51.7 Å². The third kappa shape index (κ3) is 10.3. The van der Waals surface area contributed by atoms with Crippen LogP contribution < -0.4 is 4.74 Å². The number of carbonyl (C=O) groups excluding carboxylic acids is 1. The van der Waals surface area contributed by atoms with Gasteiger partial charge in [0.25, 0.3) is 0 Å². The first-order valence-electron chi connectivity index (χ1n) is 8.00. The fraction of sp³-hybridized carbons (Fsp3) is 0.579. The van der Waals surface area contributed by atoms with Gasteiger partial charge in [-0.1, -0.05) is 40.7 Å². The van der Waals surface area contributed by atoms with E-state index >= 15 is 0 Å². The van der Waals surface area contributed by atoms with E-state index < -0.39 is 5.79 Å². The number of carbonyl (C=O) groups is 1. The number of hydrogen-bond acceptors (Lipinski definition) is 4. The second kappa shape index (κ2) is 15.8. The van der Waals surface area contributed by atoms with Crippen LogP contribution in [0.3, 0.4) is 0 Å². The molecule has 0 aliphatic carbocycles. The number of aldehydes is 1. The van der Waals surface area contributed by atoms with Crippen LogP contribution in [-0.2, 0) is 42.2 Å². The number of hydrogen-bond donors (Lipinski definition) is 0. The van der Waals surface area contributed by atoms with E-state index in [1.54, 1.807) is 27.0 Å². The van der Waals surface area contributed by atoms with Gasteiger partial charge < -0.3 is 19.9 Å². The number of ether oxygens (including phenoxy) is 3. The summed E-state index contributed by atoms with van der Waals surface area (Å²) in [6.45, 7) is 11.5. The van der Waals surface area contributed by atoms with Crippen LogP contribution in [0.1, 0.15) is 57.5 Å². The van der Waals surface area contributed by atoms with Gasteiger partial charge in [-0.3, -0.25) is 4.79 Å². The summed E-state index contributed by atoms with van der Waals surface area (Å²) < 4.78 is 15.0. The minimum Gasteiger partial charge on any atom is -0.671 e. The summed E-state index contributed by atoms with van der Waals surface area (Å²) in [7, 11) is 4.64. The Morgan fingerprint density at radius 2 is 1.64 bits per heavy atom. The van der Waals surface area contributed by atoms with Crippen molar-refractivity contribution in [3.63, 3.8) is 0 Å². The SMILES string of the molecule is CC.COC(C)(OC)C(C)[NH-].COc1cc([C-](C)C)ccc1C=O.[Y]. The molecule has 0 aliphatic heterocycles. The van der Waals surface area contributed by atoms with Crippen LogP contribution in [0.5, 0.6) is 5.75 Å². The Balaban J connectivity index is -0.000000358. The van der Waals surface area contributed by atoms with Crippen LogP contribution in [0.2, 0.25) is 0 Å². The minimum absolute atomic E-state index is 0. The Kier molecular flexibility index (Phi) is 18.5. The van der Waals surface area contributed by atoms with E-state index in [9.17, 15) is 4.79 Å². The van der Waals surface area contributed by atoms with Gasteiger partial charge in [-0.15, -0.1) is 12.1 Å². The summed E-state index contributed by atoms with van der Waals surface area (Å²) in [6.07, 6.45) is 0.799. The molecule has 0 heterocycles. The normalized spacial score (nSPS) is 10.8. The van der Waals surface area contributed by atoms with Gasteiger partial charge in [0, 0.05) is 52.5 Å². The second-order valence-electron chi connectivity index (χ2n) is 5.22. The average molecular weight is 428 g/mol. The fourth-order valence-corrected chi connectivity index (χ4v) is 1.56. The molecular weight excluding hydrogens is 395 g/mol. The number of benzene rings is 1. The predicted molar refractivity (Wildman–Crippen MR) is 99.6 cm³/mol. The second-order valence-corrected chi connectivity index (χ2v) is 5.22. The molecule has 0 aromatic heterocycles. The predicted octanol–water partition coefficient (Wildman–Crippen LogP) is 4.93. The number of rotatable bonds is 6. The molecule has 0 saturated heterocycles. The molecule has 1 unspecified atom stereocenters. The molecule has 1 radical (unpaired) electrons. The zero-order valence-corrected chi connectivity index (χ0v) is 19.9. The Labute approximate surface area is 178 Å². The zero-order chi connectivity index (χ0) is 19.3. The van der Waals surface area contributed by atoms with Crippen LogP contribution in [-0.4, -0.2) is 39.4 Å². The Hall–Kier alpha value is -0.456. The molecular formula is C19H33NO4Y-2. The number of methoxy groups -OCH3 is 3. The zero-order valence-electron chi connectivity index (χ0n) is 17.1. The van der Waals surface area contributed by atoms with E-state index in [1.165, 1.54) is 20.1 Å². The summed E-state index contributed by atoms with van der Waals surface area (Å²) in [5.74, 6) is 1.09. The van der Waals surface area contributed by atoms with Crippen molar-refractivity contribution in [2.24, 2.45) is 0 Å². The van der Waals surface area contributed by atoms with Gasteiger partial charge in [-0.25, -0.2) is 0 Å². The smallest absolute Gasteiger partial charge is 0.151 e. The molecule has 1 aromatic rings. The van der Waals surface area contributed by atoms with Crippen LogP contribution >= 0.6 is 0 Å². The average Bonchev–Trinajstić information content (AvgIpc) is 2.62. The molecule has 1 aromatic carbocycles. The van der Waals surface area contributed by atoms with E-state index in [-0.39, 0.29) is 38.8 Å². The maximum absolute atomic E-state index is 10.6. The number of nitrogens with one attached hydrogen (secondary N) is 1. The van der Waals surface area contributed by atoms with Gasteiger partial charge in [0.1, 0.15) is 5.79 Å². The van der Waals surface area contributed by atoms with Gasteiger partial charge in [-0.05, 0) is 6.92 Å². The van der Waals surface area contributed by atoms with E-state index in [0.29, 0.717) is 11.3 Å². The third-order valence-electron chi connectivity index (χ3n) is 3.53. The quantitative estimate of drug-likeness (QED) is 0.366. The molecule has 143 valence electrons. The van der Waals surface area contributed by atoms with E-state index in [1.807, 2.05) is 39.8 Å². The van der Waals surface area contributed by atoms with Crippen LogP contribution in [0, 0.1) is 5.92 Å². The van der Waals surface area contributed by atoms with Crippen molar-refractivity contribution in [3.8, 4) is 5.75 Å². The first-order chi connectivity index (χ1) is 11.2. The minimum atomic E-state index is -0.750. The Bertz CT molecular complexity index is 461. The largest absolute Gasteiger partial charge is 0.671 e. The molecule has 0 bridgehead atoms. The first-order valence-corrected chi connectivity index (χ1v) is 8.00. The Morgan fingerprint density at radius 1 is 1.16 bits per heavy atom. The molecule has 6 heteroatoms. The first kappa shape index (κ1) is 29.3. The summed E-state index contributed by atoms with van der Waals surface area (Å²) in [5, 5.41) is 0. The fourth-order valence-electron chi connectivity index (χ4n) is 1.56. The van der Waals surface area contributed by atoms with Gasteiger partial charge in [0.15, 0.2) is 6.29 Å². The summed E-state index contributed by atoms with van der Waals surface area (Å²) >= 11 is 0. The van der Waals surface area contributed by atoms with Crippen molar-refractivity contribution in [1.29, 1.82) is 0 Å². The maximum Gasteiger partial charge on any atom is 0.151 e. The van der Waals surface area contributed by atoms with Crippen molar-refractivity contribution >= 4 is 6.29 Å². The van der Waals surface area contributed by atoms with Gasteiger partial charge in [0.2, 0.25) is 0 Å². The molecule has 0 spiro atoms. The van der Waals surface area contributed by atoms with Crippen molar-refractivity contribution in [3.05, 3.63) is 41.0 Å². The monoisotopic (exact) mass is 428 g/mol. The molecule has 1 rings (SSSR count).